The summed E-state index contributed by atoms with van der Waals surface area (Å²) in [4.78, 5) is 19.1. The number of ether oxygens (including phenoxy) is 1. The van der Waals surface area contributed by atoms with Crippen molar-refractivity contribution in [2.45, 2.75) is 69.4 Å². The molecule has 0 bridgehead atoms. The molecular formula is C25H35N7O. The molecule has 0 radical (unpaired) electrons. The van der Waals surface area contributed by atoms with Crippen molar-refractivity contribution in [3.8, 4) is 5.75 Å². The summed E-state index contributed by atoms with van der Waals surface area (Å²) in [6.45, 7) is 5.02. The minimum absolute atomic E-state index is 0.0620. The van der Waals surface area contributed by atoms with E-state index < -0.39 is 0 Å². The number of nitrogens with zero attached hydrogens (tertiary/aromatic N) is 5. The molecule has 0 atom stereocenters. The second-order valence-corrected chi connectivity index (χ2v) is 10.1. The number of anilines is 4. The van der Waals surface area contributed by atoms with Crippen LogP contribution in [-0.2, 0) is 0 Å². The van der Waals surface area contributed by atoms with Gasteiger partial charge in [0.1, 0.15) is 11.4 Å². The van der Waals surface area contributed by atoms with Crippen LogP contribution in [0.15, 0.2) is 24.5 Å². The van der Waals surface area contributed by atoms with Crippen LogP contribution < -0.4 is 25.2 Å². The van der Waals surface area contributed by atoms with Crippen LogP contribution in [0.3, 0.4) is 0 Å². The van der Waals surface area contributed by atoms with Gasteiger partial charge in [-0.2, -0.15) is 4.98 Å². The lowest BCUT2D eigenvalue weighted by molar-refractivity contribution is 0.0251. The summed E-state index contributed by atoms with van der Waals surface area (Å²) in [6, 6.07) is 4.70. The Hall–Kier alpha value is -2.61. The summed E-state index contributed by atoms with van der Waals surface area (Å²) in [5, 5.41) is 6.71. The Bertz CT molecular complexity index is 948. The van der Waals surface area contributed by atoms with E-state index in [9.17, 15) is 0 Å². The Balaban J connectivity index is 1.23. The molecule has 6 rings (SSSR count). The lowest BCUT2D eigenvalue weighted by atomic mass is 9.83. The highest BCUT2D eigenvalue weighted by molar-refractivity contribution is 5.60. The van der Waals surface area contributed by atoms with Gasteiger partial charge in [0.25, 0.3) is 0 Å². The SMILES string of the molecule is c1cc(Nc2ncc3c(n2)N(C2CCCC2)CC2(CCCCC2)O3)ncc1N1CCNCC1. The van der Waals surface area contributed by atoms with Crippen molar-refractivity contribution >= 4 is 23.3 Å². The number of nitrogens with one attached hydrogen (secondary N) is 2. The predicted molar refractivity (Wildman–Crippen MR) is 131 cm³/mol. The minimum atomic E-state index is -0.0620. The van der Waals surface area contributed by atoms with Crippen LogP contribution in [0.2, 0.25) is 0 Å². The summed E-state index contributed by atoms with van der Waals surface area (Å²) in [6.07, 6.45) is 15.0. The second-order valence-electron chi connectivity index (χ2n) is 10.1. The zero-order chi connectivity index (χ0) is 22.1. The Labute approximate surface area is 196 Å². The Morgan fingerprint density at radius 2 is 1.79 bits per heavy atom. The number of hydrogen-bond acceptors (Lipinski definition) is 8. The molecule has 2 aliphatic heterocycles. The maximum atomic E-state index is 6.62. The smallest absolute Gasteiger partial charge is 0.230 e. The summed E-state index contributed by atoms with van der Waals surface area (Å²) < 4.78 is 6.62. The van der Waals surface area contributed by atoms with Crippen LogP contribution in [0.25, 0.3) is 0 Å². The normalized spacial score (nSPS) is 22.8. The van der Waals surface area contributed by atoms with Gasteiger partial charge < -0.3 is 25.2 Å². The largest absolute Gasteiger partial charge is 0.480 e. The van der Waals surface area contributed by atoms with Crippen LogP contribution in [0.5, 0.6) is 5.75 Å². The quantitative estimate of drug-likeness (QED) is 0.728. The molecule has 2 aromatic heterocycles. The van der Waals surface area contributed by atoms with E-state index in [1.807, 2.05) is 18.5 Å². The van der Waals surface area contributed by atoms with Gasteiger partial charge in [0, 0.05) is 32.2 Å². The van der Waals surface area contributed by atoms with Crippen molar-refractivity contribution in [2.75, 3.05) is 47.8 Å². The molecule has 2 N–H and O–H groups in total. The highest BCUT2D eigenvalue weighted by Gasteiger charge is 2.44. The molecule has 1 spiro atoms. The summed E-state index contributed by atoms with van der Waals surface area (Å²) >= 11 is 0. The van der Waals surface area contributed by atoms with E-state index in [0.29, 0.717) is 12.0 Å². The molecule has 4 heterocycles. The van der Waals surface area contributed by atoms with Gasteiger partial charge in [-0.1, -0.05) is 19.3 Å². The van der Waals surface area contributed by atoms with Gasteiger partial charge in [-0.05, 0) is 50.7 Å². The van der Waals surface area contributed by atoms with E-state index >= 15 is 0 Å². The standard InChI is InChI=1S/C25H35N7O/c1-4-10-25(11-5-1)18-32(19-6-2-3-7-19)23-21(33-25)17-28-24(30-23)29-22-9-8-20(16-27-22)31-14-12-26-13-15-31/h8-9,16-17,19,26H,1-7,10-15,18H2,(H,27,28,29,30). The van der Waals surface area contributed by atoms with Gasteiger partial charge in [0.15, 0.2) is 11.6 Å². The first kappa shape index (κ1) is 21.0. The molecule has 176 valence electrons. The molecule has 0 amide bonds. The fraction of sp³-hybridized carbons (Fsp3) is 0.640. The average Bonchev–Trinajstić information content (AvgIpc) is 3.40. The van der Waals surface area contributed by atoms with Crippen molar-refractivity contribution in [2.24, 2.45) is 0 Å². The maximum Gasteiger partial charge on any atom is 0.230 e. The average molecular weight is 450 g/mol. The van der Waals surface area contributed by atoms with E-state index in [2.05, 4.69) is 36.5 Å². The number of aromatic nitrogens is 3. The van der Waals surface area contributed by atoms with Gasteiger partial charge in [-0.3, -0.25) is 0 Å². The summed E-state index contributed by atoms with van der Waals surface area (Å²) in [5.74, 6) is 3.15. The van der Waals surface area contributed by atoms with Crippen LogP contribution in [0, 0.1) is 0 Å². The van der Waals surface area contributed by atoms with Crippen LogP contribution >= 0.6 is 0 Å². The molecule has 2 aromatic rings. The van der Waals surface area contributed by atoms with Crippen molar-refractivity contribution < 1.29 is 4.74 Å². The molecule has 0 unspecified atom stereocenters. The van der Waals surface area contributed by atoms with Crippen LogP contribution in [-0.4, -0.2) is 59.3 Å². The molecule has 3 fully saturated rings. The van der Waals surface area contributed by atoms with Crippen molar-refractivity contribution in [3.05, 3.63) is 24.5 Å². The minimum Gasteiger partial charge on any atom is -0.480 e. The van der Waals surface area contributed by atoms with Crippen LogP contribution in [0.1, 0.15) is 57.8 Å². The van der Waals surface area contributed by atoms with Gasteiger partial charge in [0.2, 0.25) is 5.95 Å². The Morgan fingerprint density at radius 3 is 2.55 bits per heavy atom. The predicted octanol–water partition coefficient (Wildman–Crippen LogP) is 3.87. The monoisotopic (exact) mass is 449 g/mol. The molecule has 8 nitrogen and oxygen atoms in total. The Kier molecular flexibility index (Phi) is 5.70. The second kappa shape index (κ2) is 8.97. The summed E-state index contributed by atoms with van der Waals surface area (Å²) in [7, 11) is 0. The number of fused-ring (bicyclic) bond motifs is 1. The number of hydrogen-bond donors (Lipinski definition) is 2. The Morgan fingerprint density at radius 1 is 0.970 bits per heavy atom. The van der Waals surface area contributed by atoms with Gasteiger partial charge in [-0.15, -0.1) is 0 Å². The topological polar surface area (TPSA) is 78.4 Å². The summed E-state index contributed by atoms with van der Waals surface area (Å²) in [5.41, 5.74) is 1.10. The van der Waals surface area contributed by atoms with E-state index in [1.165, 1.54) is 44.9 Å². The first-order chi connectivity index (χ1) is 16.3. The fourth-order valence-electron chi connectivity index (χ4n) is 6.01. The molecule has 8 heteroatoms. The van der Waals surface area contributed by atoms with Crippen molar-refractivity contribution in [1.29, 1.82) is 0 Å². The molecule has 4 aliphatic rings. The molecule has 2 aliphatic carbocycles. The third-order valence-electron chi connectivity index (χ3n) is 7.79. The van der Waals surface area contributed by atoms with Gasteiger partial charge >= 0.3 is 0 Å². The zero-order valence-corrected chi connectivity index (χ0v) is 19.4. The molecule has 1 saturated heterocycles. The third kappa shape index (κ3) is 4.33. The van der Waals surface area contributed by atoms with Crippen LogP contribution in [0.4, 0.5) is 23.3 Å². The van der Waals surface area contributed by atoms with E-state index in [-0.39, 0.29) is 5.60 Å². The van der Waals surface area contributed by atoms with E-state index in [0.717, 1.165) is 68.6 Å². The number of rotatable bonds is 4. The zero-order valence-electron chi connectivity index (χ0n) is 19.4. The number of piperazine rings is 1. The first-order valence-electron chi connectivity index (χ1n) is 12.8. The van der Waals surface area contributed by atoms with Crippen molar-refractivity contribution in [1.82, 2.24) is 20.3 Å². The van der Waals surface area contributed by atoms with E-state index in [1.54, 1.807) is 0 Å². The third-order valence-corrected chi connectivity index (χ3v) is 7.79. The molecule has 2 saturated carbocycles. The van der Waals surface area contributed by atoms with Gasteiger partial charge in [-0.25, -0.2) is 9.97 Å². The molecule has 33 heavy (non-hydrogen) atoms. The lowest BCUT2D eigenvalue weighted by Gasteiger charge is -2.47. The maximum absolute atomic E-state index is 6.62. The van der Waals surface area contributed by atoms with Crippen molar-refractivity contribution in [3.63, 3.8) is 0 Å². The number of pyridine rings is 1. The highest BCUT2D eigenvalue weighted by atomic mass is 16.5. The lowest BCUT2D eigenvalue weighted by Crippen LogP contribution is -2.55. The van der Waals surface area contributed by atoms with Gasteiger partial charge in [0.05, 0.1) is 24.6 Å². The fourth-order valence-corrected chi connectivity index (χ4v) is 6.01. The van der Waals surface area contributed by atoms with E-state index in [4.69, 9.17) is 9.72 Å². The first-order valence-corrected chi connectivity index (χ1v) is 12.8. The molecule has 0 aromatic carbocycles. The molecular weight excluding hydrogens is 414 g/mol. The highest BCUT2D eigenvalue weighted by Crippen LogP contribution is 2.44.